The Morgan fingerprint density at radius 3 is 2.38 bits per heavy atom. The lowest BCUT2D eigenvalue weighted by molar-refractivity contribution is -0.136. The van der Waals surface area contributed by atoms with Crippen LogP contribution in [0.25, 0.3) is 0 Å². The van der Waals surface area contributed by atoms with E-state index in [9.17, 15) is 14.4 Å². The highest BCUT2D eigenvalue weighted by atomic mass is 35.5. The van der Waals surface area contributed by atoms with Crippen molar-refractivity contribution in [3.8, 4) is 5.75 Å². The normalized spacial score (nSPS) is 10.6. The fourth-order valence-electron chi connectivity index (χ4n) is 2.58. The highest BCUT2D eigenvalue weighted by molar-refractivity contribution is 6.40. The average Bonchev–Trinajstić information content (AvgIpc) is 2.80. The first-order valence-corrected chi connectivity index (χ1v) is 10.8. The first-order valence-electron chi connectivity index (χ1n) is 9.68. The van der Waals surface area contributed by atoms with Gasteiger partial charge in [-0.15, -0.1) is 0 Å². The van der Waals surface area contributed by atoms with Crippen LogP contribution in [0.15, 0.2) is 71.8 Å². The van der Waals surface area contributed by atoms with E-state index in [0.29, 0.717) is 27.0 Å². The van der Waals surface area contributed by atoms with Gasteiger partial charge in [0.15, 0.2) is 6.61 Å². The second kappa shape index (κ2) is 12.0. The van der Waals surface area contributed by atoms with Crippen LogP contribution in [0.4, 0.5) is 11.4 Å². The number of ether oxygens (including phenoxy) is 1. The summed E-state index contributed by atoms with van der Waals surface area (Å²) in [5.74, 6) is -2.00. The highest BCUT2D eigenvalue weighted by Gasteiger charge is 2.13. The van der Waals surface area contributed by atoms with E-state index in [2.05, 4.69) is 21.2 Å². The summed E-state index contributed by atoms with van der Waals surface area (Å²) in [5.41, 5.74) is 3.48. The molecule has 3 amide bonds. The Balaban J connectivity index is 1.49. The van der Waals surface area contributed by atoms with Crippen LogP contribution in [0.1, 0.15) is 5.56 Å². The van der Waals surface area contributed by atoms with E-state index in [1.807, 2.05) is 0 Å². The summed E-state index contributed by atoms with van der Waals surface area (Å²) < 4.78 is 5.44. The van der Waals surface area contributed by atoms with Gasteiger partial charge in [0.05, 0.1) is 21.9 Å². The minimum absolute atomic E-state index is 0.222. The van der Waals surface area contributed by atoms with Crippen LogP contribution in [0.3, 0.4) is 0 Å². The van der Waals surface area contributed by atoms with E-state index in [0.717, 1.165) is 0 Å². The smallest absolute Gasteiger partial charge is 0.329 e. The molecule has 34 heavy (non-hydrogen) atoms. The van der Waals surface area contributed by atoms with Crippen molar-refractivity contribution in [1.82, 2.24) is 5.43 Å². The third-order valence-electron chi connectivity index (χ3n) is 4.13. The average molecular weight is 520 g/mol. The second-order valence-electron chi connectivity index (χ2n) is 6.67. The summed E-state index contributed by atoms with van der Waals surface area (Å²) in [6.45, 7) is -0.282. The van der Waals surface area contributed by atoms with Gasteiger partial charge in [-0.1, -0.05) is 53.0 Å². The Morgan fingerprint density at radius 2 is 1.65 bits per heavy atom. The molecule has 0 radical (unpaired) electrons. The summed E-state index contributed by atoms with van der Waals surface area (Å²) in [6.07, 6.45) is 1.30. The Hall–Kier alpha value is -3.59. The Bertz CT molecular complexity index is 1250. The Kier molecular flexibility index (Phi) is 8.86. The minimum atomic E-state index is -0.966. The molecule has 11 heteroatoms. The van der Waals surface area contributed by atoms with Gasteiger partial charge in [-0.25, -0.2) is 5.43 Å². The molecule has 0 aliphatic carbocycles. The van der Waals surface area contributed by atoms with E-state index < -0.39 is 17.7 Å². The maximum Gasteiger partial charge on any atom is 0.329 e. The van der Waals surface area contributed by atoms with E-state index >= 15 is 0 Å². The molecule has 0 fully saturated rings. The molecule has 0 unspecified atom stereocenters. The number of hydrogen-bond acceptors (Lipinski definition) is 5. The van der Waals surface area contributed by atoms with Crippen molar-refractivity contribution >= 4 is 70.1 Å². The number of halogens is 3. The summed E-state index contributed by atoms with van der Waals surface area (Å²) in [5, 5.41) is 9.82. The molecule has 0 aliphatic rings. The van der Waals surface area contributed by atoms with Crippen molar-refractivity contribution in [1.29, 1.82) is 0 Å². The van der Waals surface area contributed by atoms with Gasteiger partial charge >= 0.3 is 11.8 Å². The van der Waals surface area contributed by atoms with Crippen molar-refractivity contribution in [2.75, 3.05) is 17.2 Å². The van der Waals surface area contributed by atoms with E-state index in [1.54, 1.807) is 54.6 Å². The zero-order valence-corrected chi connectivity index (χ0v) is 19.6. The van der Waals surface area contributed by atoms with Gasteiger partial charge in [0, 0.05) is 10.7 Å². The lowest BCUT2D eigenvalue weighted by Gasteiger charge is -2.10. The fourth-order valence-corrected chi connectivity index (χ4v) is 3.19. The molecular formula is C23H17Cl3N4O4. The number of carbonyl (C=O) groups is 3. The number of carbonyl (C=O) groups excluding carboxylic acids is 3. The quantitative estimate of drug-likeness (QED) is 0.238. The SMILES string of the molecule is O=C(COc1ccc(/C=N\NC(=O)C(=O)Nc2cccc(Cl)c2)cc1Cl)Nc1ccccc1Cl. The van der Waals surface area contributed by atoms with Gasteiger partial charge in [0.2, 0.25) is 0 Å². The summed E-state index contributed by atoms with van der Waals surface area (Å²) in [7, 11) is 0. The van der Waals surface area contributed by atoms with E-state index in [1.165, 1.54) is 18.3 Å². The third kappa shape index (κ3) is 7.48. The molecule has 0 spiro atoms. The van der Waals surface area contributed by atoms with Crippen LogP contribution in [0.2, 0.25) is 15.1 Å². The minimum Gasteiger partial charge on any atom is -0.482 e. The van der Waals surface area contributed by atoms with Crippen LogP contribution in [0.5, 0.6) is 5.75 Å². The first kappa shape index (κ1) is 25.0. The predicted octanol–water partition coefficient (Wildman–Crippen LogP) is 4.75. The lowest BCUT2D eigenvalue weighted by atomic mass is 10.2. The molecule has 3 aromatic carbocycles. The number of rotatable bonds is 7. The number of hydrazone groups is 1. The number of benzene rings is 3. The molecular weight excluding hydrogens is 503 g/mol. The fraction of sp³-hybridized carbons (Fsp3) is 0.0435. The maximum absolute atomic E-state index is 12.1. The van der Waals surface area contributed by atoms with Crippen molar-refractivity contribution in [3.63, 3.8) is 0 Å². The van der Waals surface area contributed by atoms with Gasteiger partial charge in [0.25, 0.3) is 5.91 Å². The van der Waals surface area contributed by atoms with Gasteiger partial charge < -0.3 is 15.4 Å². The van der Waals surface area contributed by atoms with Gasteiger partial charge in [0.1, 0.15) is 5.75 Å². The van der Waals surface area contributed by atoms with Crippen molar-refractivity contribution in [3.05, 3.63) is 87.4 Å². The summed E-state index contributed by atoms with van der Waals surface area (Å²) >= 11 is 18.0. The monoisotopic (exact) mass is 518 g/mol. The van der Waals surface area contributed by atoms with Crippen molar-refractivity contribution < 1.29 is 19.1 Å². The molecule has 0 atom stereocenters. The molecule has 174 valence electrons. The van der Waals surface area contributed by atoms with Gasteiger partial charge in [-0.3, -0.25) is 14.4 Å². The standard InChI is InChI=1S/C23H17Cl3N4O4/c24-15-4-3-5-16(11-15)28-22(32)23(33)30-27-12-14-8-9-20(18(26)10-14)34-13-21(31)29-19-7-2-1-6-17(19)25/h1-12H,13H2,(H,28,32)(H,29,31)(H,30,33)/b27-12-. The van der Waals surface area contributed by atoms with Crippen LogP contribution >= 0.6 is 34.8 Å². The first-order chi connectivity index (χ1) is 16.3. The number of nitrogens with one attached hydrogen (secondary N) is 3. The predicted molar refractivity (Wildman–Crippen MR) is 133 cm³/mol. The molecule has 8 nitrogen and oxygen atoms in total. The molecule has 0 heterocycles. The largest absolute Gasteiger partial charge is 0.482 e. The van der Waals surface area contributed by atoms with E-state index in [-0.39, 0.29) is 17.4 Å². The second-order valence-corrected chi connectivity index (χ2v) is 7.92. The molecule has 3 rings (SSSR count). The molecule has 0 saturated heterocycles. The number of para-hydroxylation sites is 1. The van der Waals surface area contributed by atoms with Gasteiger partial charge in [-0.05, 0) is 54.1 Å². The molecule has 3 N–H and O–H groups in total. The summed E-state index contributed by atoms with van der Waals surface area (Å²) in [6, 6.07) is 17.8. The van der Waals surface area contributed by atoms with Gasteiger partial charge in [-0.2, -0.15) is 5.10 Å². The molecule has 0 saturated carbocycles. The molecule has 3 aromatic rings. The topological polar surface area (TPSA) is 109 Å². The number of nitrogens with zero attached hydrogens (tertiary/aromatic N) is 1. The molecule has 0 aliphatic heterocycles. The van der Waals surface area contributed by atoms with Crippen LogP contribution in [-0.4, -0.2) is 30.5 Å². The molecule has 0 aromatic heterocycles. The van der Waals surface area contributed by atoms with Crippen LogP contribution in [0, 0.1) is 0 Å². The highest BCUT2D eigenvalue weighted by Crippen LogP contribution is 2.25. The Morgan fingerprint density at radius 1 is 0.853 bits per heavy atom. The summed E-state index contributed by atoms with van der Waals surface area (Å²) in [4.78, 5) is 35.9. The zero-order valence-electron chi connectivity index (χ0n) is 17.3. The molecule has 0 bridgehead atoms. The maximum atomic E-state index is 12.1. The van der Waals surface area contributed by atoms with E-state index in [4.69, 9.17) is 39.5 Å². The van der Waals surface area contributed by atoms with Crippen molar-refractivity contribution in [2.24, 2.45) is 5.10 Å². The van der Waals surface area contributed by atoms with Crippen molar-refractivity contribution in [2.45, 2.75) is 0 Å². The van der Waals surface area contributed by atoms with Crippen LogP contribution in [-0.2, 0) is 14.4 Å². The van der Waals surface area contributed by atoms with Crippen LogP contribution < -0.4 is 20.8 Å². The Labute approximate surface area is 209 Å². The number of anilines is 2. The lowest BCUT2D eigenvalue weighted by Crippen LogP contribution is -2.32. The zero-order chi connectivity index (χ0) is 24.5. The third-order valence-corrected chi connectivity index (χ3v) is 4.99. The number of amides is 3. The number of hydrogen-bond donors (Lipinski definition) is 3.